The zero-order valence-corrected chi connectivity index (χ0v) is 20.5. The van der Waals surface area contributed by atoms with Crippen molar-refractivity contribution in [3.63, 3.8) is 0 Å². The highest BCUT2D eigenvalue weighted by Crippen LogP contribution is 2.20. The van der Waals surface area contributed by atoms with Crippen molar-refractivity contribution in [1.82, 2.24) is 10.2 Å². The van der Waals surface area contributed by atoms with Gasteiger partial charge in [-0.25, -0.2) is 0 Å². The van der Waals surface area contributed by atoms with Crippen molar-refractivity contribution >= 4 is 23.4 Å². The Labute approximate surface area is 211 Å². The summed E-state index contributed by atoms with van der Waals surface area (Å²) in [6.07, 6.45) is 0.579. The highest BCUT2D eigenvalue weighted by atomic mass is 16.5. The zero-order chi connectivity index (χ0) is 25.8. The molecular formula is C28H31N3O5. The van der Waals surface area contributed by atoms with E-state index in [4.69, 9.17) is 9.47 Å². The summed E-state index contributed by atoms with van der Waals surface area (Å²) in [6, 6.07) is 24.0. The molecule has 3 amide bonds. The van der Waals surface area contributed by atoms with Gasteiger partial charge >= 0.3 is 0 Å². The lowest BCUT2D eigenvalue weighted by atomic mass is 10.0. The number of rotatable bonds is 12. The van der Waals surface area contributed by atoms with Gasteiger partial charge in [-0.1, -0.05) is 42.5 Å². The van der Waals surface area contributed by atoms with Crippen LogP contribution < -0.4 is 15.4 Å². The molecule has 3 aromatic rings. The van der Waals surface area contributed by atoms with Crippen LogP contribution in [-0.4, -0.2) is 63.1 Å². The average Bonchev–Trinajstić information content (AvgIpc) is 2.92. The van der Waals surface area contributed by atoms with Crippen LogP contribution in [0.1, 0.15) is 16.8 Å². The Morgan fingerprint density at radius 1 is 0.806 bits per heavy atom. The topological polar surface area (TPSA) is 97.0 Å². The van der Waals surface area contributed by atoms with Crippen LogP contribution >= 0.6 is 0 Å². The van der Waals surface area contributed by atoms with Gasteiger partial charge < -0.3 is 25.0 Å². The molecule has 8 heteroatoms. The molecule has 0 atom stereocenters. The number of hydrogen-bond acceptors (Lipinski definition) is 5. The Bertz CT molecular complexity index is 1130. The third kappa shape index (κ3) is 7.95. The average molecular weight is 490 g/mol. The standard InChI is InChI=1S/C28H31N3O5/c1-35-18-6-17-31(28(34)23-11-9-22(10-12-23)21-7-4-3-5-8-21)20-27(33)29-19-26(32)30-24-13-15-25(36-2)16-14-24/h3-5,7-16H,6,17-20H2,1-2H3,(H,29,33)(H,30,32). The molecule has 3 aromatic carbocycles. The molecular weight excluding hydrogens is 458 g/mol. The van der Waals surface area contributed by atoms with Gasteiger partial charge in [0.2, 0.25) is 11.8 Å². The third-order valence-electron chi connectivity index (χ3n) is 5.46. The van der Waals surface area contributed by atoms with Gasteiger partial charge in [-0.3, -0.25) is 14.4 Å². The zero-order valence-electron chi connectivity index (χ0n) is 20.5. The van der Waals surface area contributed by atoms with Gasteiger partial charge in [0.25, 0.3) is 5.91 Å². The maximum absolute atomic E-state index is 13.2. The van der Waals surface area contributed by atoms with E-state index in [0.717, 1.165) is 11.1 Å². The van der Waals surface area contributed by atoms with E-state index in [1.807, 2.05) is 42.5 Å². The molecule has 0 bridgehead atoms. The van der Waals surface area contributed by atoms with Crippen LogP contribution in [0, 0.1) is 0 Å². The first-order valence-electron chi connectivity index (χ1n) is 11.6. The Balaban J connectivity index is 1.57. The van der Waals surface area contributed by atoms with Gasteiger partial charge in [0.1, 0.15) is 5.75 Å². The molecule has 0 saturated carbocycles. The second-order valence-electron chi connectivity index (χ2n) is 8.07. The van der Waals surface area contributed by atoms with Gasteiger partial charge in [-0.2, -0.15) is 0 Å². The summed E-state index contributed by atoms with van der Waals surface area (Å²) in [5.74, 6) is -0.383. The summed E-state index contributed by atoms with van der Waals surface area (Å²) in [7, 11) is 3.15. The summed E-state index contributed by atoms with van der Waals surface area (Å²) < 4.78 is 10.2. The predicted molar refractivity (Wildman–Crippen MR) is 139 cm³/mol. The number of amides is 3. The number of ether oxygens (including phenoxy) is 2. The van der Waals surface area contributed by atoms with Crippen molar-refractivity contribution in [1.29, 1.82) is 0 Å². The molecule has 0 aromatic heterocycles. The SMILES string of the molecule is COCCCN(CC(=O)NCC(=O)Nc1ccc(OC)cc1)C(=O)c1ccc(-c2ccccc2)cc1. The monoisotopic (exact) mass is 489 g/mol. The van der Waals surface area contributed by atoms with Crippen LogP contribution in [0.5, 0.6) is 5.75 Å². The fourth-order valence-corrected chi connectivity index (χ4v) is 3.56. The van der Waals surface area contributed by atoms with E-state index in [0.29, 0.717) is 36.6 Å². The van der Waals surface area contributed by atoms with Crippen LogP contribution in [0.25, 0.3) is 11.1 Å². The van der Waals surface area contributed by atoms with E-state index >= 15 is 0 Å². The lowest BCUT2D eigenvalue weighted by Gasteiger charge is -2.22. The molecule has 8 nitrogen and oxygen atoms in total. The quantitative estimate of drug-likeness (QED) is 0.379. The predicted octanol–water partition coefficient (Wildman–Crippen LogP) is 3.60. The highest BCUT2D eigenvalue weighted by Gasteiger charge is 2.19. The molecule has 0 aliphatic rings. The molecule has 0 radical (unpaired) electrons. The van der Waals surface area contributed by atoms with Crippen LogP contribution in [0.2, 0.25) is 0 Å². The molecule has 0 spiro atoms. The summed E-state index contributed by atoms with van der Waals surface area (Å²) in [4.78, 5) is 39.4. The number of anilines is 1. The van der Waals surface area contributed by atoms with Gasteiger partial charge in [-0.05, 0) is 53.9 Å². The fraction of sp³-hybridized carbons (Fsp3) is 0.250. The summed E-state index contributed by atoms with van der Waals surface area (Å²) >= 11 is 0. The number of nitrogens with zero attached hydrogens (tertiary/aromatic N) is 1. The van der Waals surface area contributed by atoms with Crippen LogP contribution in [0.4, 0.5) is 5.69 Å². The van der Waals surface area contributed by atoms with Crippen LogP contribution in [0.3, 0.4) is 0 Å². The minimum absolute atomic E-state index is 0.168. The number of methoxy groups -OCH3 is 2. The summed E-state index contributed by atoms with van der Waals surface area (Å²) in [6.45, 7) is 0.427. The van der Waals surface area contributed by atoms with Crippen LogP contribution in [0.15, 0.2) is 78.9 Å². The van der Waals surface area contributed by atoms with Crippen molar-refractivity contribution < 1.29 is 23.9 Å². The molecule has 0 saturated heterocycles. The van der Waals surface area contributed by atoms with Gasteiger partial charge in [-0.15, -0.1) is 0 Å². The van der Waals surface area contributed by atoms with E-state index in [9.17, 15) is 14.4 Å². The first-order valence-corrected chi connectivity index (χ1v) is 11.6. The number of carbonyl (C=O) groups is 3. The smallest absolute Gasteiger partial charge is 0.254 e. The Morgan fingerprint density at radius 2 is 1.47 bits per heavy atom. The molecule has 0 unspecified atom stereocenters. The van der Waals surface area contributed by atoms with Crippen molar-refractivity contribution in [2.24, 2.45) is 0 Å². The maximum atomic E-state index is 13.2. The minimum atomic E-state index is -0.424. The van der Waals surface area contributed by atoms with Gasteiger partial charge in [0, 0.05) is 31.5 Å². The number of carbonyl (C=O) groups excluding carboxylic acids is 3. The first kappa shape index (κ1) is 26.4. The molecule has 0 aliphatic carbocycles. The first-order chi connectivity index (χ1) is 17.5. The lowest BCUT2D eigenvalue weighted by Crippen LogP contribution is -2.43. The van der Waals surface area contributed by atoms with Crippen molar-refractivity contribution in [2.75, 3.05) is 45.8 Å². The second-order valence-corrected chi connectivity index (χ2v) is 8.07. The summed E-state index contributed by atoms with van der Waals surface area (Å²) in [5.41, 5.74) is 3.13. The van der Waals surface area contributed by atoms with E-state index < -0.39 is 5.91 Å². The van der Waals surface area contributed by atoms with Gasteiger partial charge in [0.05, 0.1) is 20.2 Å². The van der Waals surface area contributed by atoms with Crippen molar-refractivity contribution in [3.05, 3.63) is 84.4 Å². The molecule has 0 fully saturated rings. The number of nitrogens with one attached hydrogen (secondary N) is 2. The largest absolute Gasteiger partial charge is 0.497 e. The molecule has 0 aliphatic heterocycles. The maximum Gasteiger partial charge on any atom is 0.254 e. The molecule has 188 valence electrons. The molecule has 3 rings (SSSR count). The fourth-order valence-electron chi connectivity index (χ4n) is 3.56. The minimum Gasteiger partial charge on any atom is -0.497 e. The molecule has 2 N–H and O–H groups in total. The molecule has 36 heavy (non-hydrogen) atoms. The third-order valence-corrected chi connectivity index (χ3v) is 5.46. The second kappa shape index (κ2) is 13.7. The summed E-state index contributed by atoms with van der Waals surface area (Å²) in [5, 5.41) is 5.29. The Morgan fingerprint density at radius 3 is 2.11 bits per heavy atom. The Hall–Kier alpha value is -4.17. The Kier molecular flexibility index (Phi) is 10.0. The number of benzene rings is 3. The normalized spacial score (nSPS) is 10.4. The van der Waals surface area contributed by atoms with E-state index in [1.54, 1.807) is 50.6 Å². The van der Waals surface area contributed by atoms with E-state index in [2.05, 4.69) is 10.6 Å². The van der Waals surface area contributed by atoms with Gasteiger partial charge in [0.15, 0.2) is 0 Å². The van der Waals surface area contributed by atoms with E-state index in [-0.39, 0.29) is 24.9 Å². The number of hydrogen-bond donors (Lipinski definition) is 2. The van der Waals surface area contributed by atoms with Crippen molar-refractivity contribution in [3.8, 4) is 16.9 Å². The lowest BCUT2D eigenvalue weighted by molar-refractivity contribution is -0.124. The van der Waals surface area contributed by atoms with Crippen LogP contribution in [-0.2, 0) is 14.3 Å². The highest BCUT2D eigenvalue weighted by molar-refractivity contribution is 5.98. The molecule has 0 heterocycles. The van der Waals surface area contributed by atoms with E-state index in [1.165, 1.54) is 4.90 Å². The van der Waals surface area contributed by atoms with Crippen molar-refractivity contribution in [2.45, 2.75) is 6.42 Å².